The Hall–Kier alpha value is -3.10. The van der Waals surface area contributed by atoms with Gasteiger partial charge in [0, 0.05) is 13.3 Å². The van der Waals surface area contributed by atoms with Crippen LogP contribution in [0.2, 0.25) is 0 Å². The molecule has 2 N–H and O–H groups in total. The summed E-state index contributed by atoms with van der Waals surface area (Å²) in [5.41, 5.74) is 2.57. The number of halogens is 1. The van der Waals surface area contributed by atoms with Gasteiger partial charge >= 0.3 is 0 Å². The van der Waals surface area contributed by atoms with Crippen molar-refractivity contribution in [3.63, 3.8) is 0 Å². The quantitative estimate of drug-likeness (QED) is 0.447. The molecule has 0 bridgehead atoms. The average Bonchev–Trinajstić information content (AvgIpc) is 2.88. The standard InChI is InChI=1S/C29H32FNO5/c1-21(32)31-28-27(35-19-24-15-9-4-10-16-24)26(30)25(20-34-18-23-13-7-3-8-14-23)36-29(28,33)17-22-11-5-2-6-12-22/h2-16,25-28,33H,17-20H2,1H3,(H,31,32)/t25-,26-,27+,28-,29+/m1/s1. The molecule has 1 aliphatic rings. The molecule has 1 saturated heterocycles. The minimum atomic E-state index is -1.92. The summed E-state index contributed by atoms with van der Waals surface area (Å²) in [5, 5.41) is 14.5. The lowest BCUT2D eigenvalue weighted by atomic mass is 9.86. The van der Waals surface area contributed by atoms with E-state index in [0.717, 1.165) is 16.7 Å². The summed E-state index contributed by atoms with van der Waals surface area (Å²) < 4.78 is 33.7. The third-order valence-corrected chi connectivity index (χ3v) is 6.18. The number of alkyl halides is 1. The van der Waals surface area contributed by atoms with Crippen molar-refractivity contribution >= 4 is 5.91 Å². The number of benzene rings is 3. The molecular weight excluding hydrogens is 461 g/mol. The molecule has 4 rings (SSSR count). The first-order chi connectivity index (χ1) is 17.4. The maximum Gasteiger partial charge on any atom is 0.217 e. The summed E-state index contributed by atoms with van der Waals surface area (Å²) >= 11 is 0. The SMILES string of the molecule is CC(=O)N[C@@H]1[C@@H](OCc2ccccc2)[C@H](F)[C@@H](COCc2ccccc2)O[C@@]1(O)Cc1ccccc1. The average molecular weight is 494 g/mol. The predicted molar refractivity (Wildman–Crippen MR) is 134 cm³/mol. The molecule has 3 aromatic carbocycles. The van der Waals surface area contributed by atoms with Crippen LogP contribution in [0.3, 0.4) is 0 Å². The minimum absolute atomic E-state index is 0.0336. The van der Waals surface area contributed by atoms with Crippen LogP contribution in [-0.2, 0) is 38.6 Å². The molecule has 6 nitrogen and oxygen atoms in total. The Morgan fingerprint density at radius 1 is 0.917 bits per heavy atom. The van der Waals surface area contributed by atoms with E-state index in [1.165, 1.54) is 6.92 Å². The Morgan fingerprint density at radius 3 is 2.00 bits per heavy atom. The lowest BCUT2D eigenvalue weighted by Crippen LogP contribution is -2.70. The van der Waals surface area contributed by atoms with E-state index in [0.29, 0.717) is 0 Å². The van der Waals surface area contributed by atoms with E-state index in [1.54, 1.807) is 0 Å². The fraction of sp³-hybridized carbons (Fsp3) is 0.345. The number of rotatable bonds is 10. The molecule has 1 aliphatic heterocycles. The van der Waals surface area contributed by atoms with Gasteiger partial charge in [-0.25, -0.2) is 4.39 Å². The third kappa shape index (κ3) is 6.77. The smallest absolute Gasteiger partial charge is 0.217 e. The van der Waals surface area contributed by atoms with Gasteiger partial charge in [-0.15, -0.1) is 0 Å². The summed E-state index contributed by atoms with van der Waals surface area (Å²) in [6, 6.07) is 27.0. The highest BCUT2D eigenvalue weighted by molar-refractivity contribution is 5.73. The molecule has 1 heterocycles. The van der Waals surface area contributed by atoms with E-state index in [2.05, 4.69) is 5.32 Å². The van der Waals surface area contributed by atoms with Crippen molar-refractivity contribution in [2.45, 2.75) is 56.8 Å². The summed E-state index contributed by atoms with van der Waals surface area (Å²) in [5.74, 6) is -2.34. The van der Waals surface area contributed by atoms with Gasteiger partial charge in [0.05, 0.1) is 19.8 Å². The first kappa shape index (κ1) is 26.0. The minimum Gasteiger partial charge on any atom is -0.374 e. The van der Waals surface area contributed by atoms with Crippen molar-refractivity contribution in [1.29, 1.82) is 0 Å². The highest BCUT2D eigenvalue weighted by Gasteiger charge is 2.55. The van der Waals surface area contributed by atoms with Crippen molar-refractivity contribution in [1.82, 2.24) is 5.32 Å². The van der Waals surface area contributed by atoms with Crippen molar-refractivity contribution in [3.05, 3.63) is 108 Å². The molecule has 0 saturated carbocycles. The van der Waals surface area contributed by atoms with Crippen LogP contribution in [0.5, 0.6) is 0 Å². The summed E-state index contributed by atoms with van der Waals surface area (Å²) in [6.45, 7) is 1.61. The number of hydrogen-bond acceptors (Lipinski definition) is 5. The molecular formula is C29H32FNO5. The van der Waals surface area contributed by atoms with E-state index in [4.69, 9.17) is 14.2 Å². The number of nitrogens with one attached hydrogen (secondary N) is 1. The van der Waals surface area contributed by atoms with Crippen LogP contribution in [0.4, 0.5) is 4.39 Å². The number of carbonyl (C=O) groups is 1. The zero-order valence-corrected chi connectivity index (χ0v) is 20.3. The van der Waals surface area contributed by atoms with Crippen molar-refractivity contribution in [2.75, 3.05) is 6.61 Å². The lowest BCUT2D eigenvalue weighted by molar-refractivity contribution is -0.316. The van der Waals surface area contributed by atoms with Crippen molar-refractivity contribution in [3.8, 4) is 0 Å². The maximum atomic E-state index is 15.9. The fourth-order valence-electron chi connectivity index (χ4n) is 4.45. The number of amides is 1. The highest BCUT2D eigenvalue weighted by atomic mass is 19.1. The molecule has 36 heavy (non-hydrogen) atoms. The van der Waals surface area contributed by atoms with Crippen LogP contribution in [0.25, 0.3) is 0 Å². The zero-order chi connectivity index (χ0) is 25.4. The van der Waals surface area contributed by atoms with Crippen molar-refractivity contribution < 1.29 is 28.5 Å². The van der Waals surface area contributed by atoms with Crippen LogP contribution in [0.15, 0.2) is 91.0 Å². The normalized spacial score (nSPS) is 25.9. The van der Waals surface area contributed by atoms with E-state index in [-0.39, 0.29) is 26.2 Å². The van der Waals surface area contributed by atoms with Gasteiger partial charge in [-0.05, 0) is 16.7 Å². The molecule has 0 aromatic heterocycles. The molecule has 1 amide bonds. The molecule has 5 atom stereocenters. The van der Waals surface area contributed by atoms with Gasteiger partial charge in [0.25, 0.3) is 0 Å². The molecule has 0 radical (unpaired) electrons. The Labute approximate surface area is 211 Å². The van der Waals surface area contributed by atoms with Crippen molar-refractivity contribution in [2.24, 2.45) is 0 Å². The van der Waals surface area contributed by atoms with E-state index >= 15 is 4.39 Å². The first-order valence-corrected chi connectivity index (χ1v) is 12.1. The second-order valence-electron chi connectivity index (χ2n) is 9.05. The Bertz CT molecular complexity index is 1080. The van der Waals surface area contributed by atoms with Crippen LogP contribution >= 0.6 is 0 Å². The van der Waals surface area contributed by atoms with E-state index < -0.39 is 36.1 Å². The Kier molecular flexibility index (Phi) is 8.83. The second kappa shape index (κ2) is 12.2. The summed E-state index contributed by atoms with van der Waals surface area (Å²) in [4.78, 5) is 12.1. The highest BCUT2D eigenvalue weighted by Crippen LogP contribution is 2.35. The second-order valence-corrected chi connectivity index (χ2v) is 9.05. The van der Waals surface area contributed by atoms with E-state index in [1.807, 2.05) is 91.0 Å². The van der Waals surface area contributed by atoms with Gasteiger partial charge in [0.15, 0.2) is 12.0 Å². The molecule has 7 heteroatoms. The molecule has 0 unspecified atom stereocenters. The van der Waals surface area contributed by atoms with Gasteiger partial charge in [-0.2, -0.15) is 0 Å². The maximum absolute atomic E-state index is 15.9. The van der Waals surface area contributed by atoms with Gasteiger partial charge < -0.3 is 24.6 Å². The Balaban J connectivity index is 1.58. The zero-order valence-electron chi connectivity index (χ0n) is 20.3. The predicted octanol–water partition coefficient (Wildman–Crippen LogP) is 3.96. The summed E-state index contributed by atoms with van der Waals surface area (Å²) in [7, 11) is 0. The van der Waals surface area contributed by atoms with Crippen LogP contribution in [-0.4, -0.2) is 47.8 Å². The summed E-state index contributed by atoms with van der Waals surface area (Å²) in [6.07, 6.45) is -3.89. The fourth-order valence-corrected chi connectivity index (χ4v) is 4.45. The van der Waals surface area contributed by atoms with Crippen LogP contribution in [0, 0.1) is 0 Å². The van der Waals surface area contributed by atoms with Gasteiger partial charge in [0.1, 0.15) is 18.2 Å². The van der Waals surface area contributed by atoms with Gasteiger partial charge in [-0.3, -0.25) is 4.79 Å². The number of aliphatic hydroxyl groups is 1. The van der Waals surface area contributed by atoms with Gasteiger partial charge in [0.2, 0.25) is 5.91 Å². The van der Waals surface area contributed by atoms with Gasteiger partial charge in [-0.1, -0.05) is 91.0 Å². The number of hydrogen-bond donors (Lipinski definition) is 2. The Morgan fingerprint density at radius 2 is 1.44 bits per heavy atom. The first-order valence-electron chi connectivity index (χ1n) is 12.1. The lowest BCUT2D eigenvalue weighted by Gasteiger charge is -2.48. The molecule has 0 spiro atoms. The molecule has 3 aromatic rings. The van der Waals surface area contributed by atoms with Crippen LogP contribution in [0.1, 0.15) is 23.6 Å². The largest absolute Gasteiger partial charge is 0.374 e. The van der Waals surface area contributed by atoms with E-state index in [9.17, 15) is 9.90 Å². The van der Waals surface area contributed by atoms with Crippen LogP contribution < -0.4 is 5.32 Å². The molecule has 0 aliphatic carbocycles. The monoisotopic (exact) mass is 493 g/mol. The molecule has 1 fully saturated rings. The topological polar surface area (TPSA) is 77.0 Å². The number of carbonyl (C=O) groups excluding carboxylic acids is 1. The third-order valence-electron chi connectivity index (χ3n) is 6.18. The molecule has 190 valence electrons. The number of ether oxygens (including phenoxy) is 3.